The van der Waals surface area contributed by atoms with Gasteiger partial charge in [-0.3, -0.25) is 4.79 Å². The minimum atomic E-state index is -0.309. The van der Waals surface area contributed by atoms with E-state index in [9.17, 15) is 9.18 Å². The third-order valence-electron chi connectivity index (χ3n) is 5.64. The molecule has 0 saturated carbocycles. The number of nitrogens with zero attached hydrogens (tertiary/aromatic N) is 4. The number of amides is 1. The lowest BCUT2D eigenvalue weighted by atomic mass is 10.2. The Labute approximate surface area is 186 Å². The third kappa shape index (κ3) is 5.43. The number of halogens is 1. The molecule has 0 bridgehead atoms. The first kappa shape index (κ1) is 21.8. The van der Waals surface area contributed by atoms with Crippen LogP contribution in [0.25, 0.3) is 11.4 Å². The Morgan fingerprint density at radius 1 is 1.06 bits per heavy atom. The Kier molecular flexibility index (Phi) is 6.99. The van der Waals surface area contributed by atoms with Gasteiger partial charge in [-0.05, 0) is 61.4 Å². The van der Waals surface area contributed by atoms with Crippen LogP contribution in [0.1, 0.15) is 25.2 Å². The maximum atomic E-state index is 13.1. The van der Waals surface area contributed by atoms with Gasteiger partial charge in [0, 0.05) is 50.3 Å². The second-order valence-electron chi connectivity index (χ2n) is 7.79. The fraction of sp³-hybridized carbons (Fsp3) is 0.375. The lowest BCUT2D eigenvalue weighted by Crippen LogP contribution is -2.35. The first-order chi connectivity index (χ1) is 15.6. The highest BCUT2D eigenvalue weighted by molar-refractivity contribution is 5.76. The van der Waals surface area contributed by atoms with E-state index >= 15 is 0 Å². The third-order valence-corrected chi connectivity index (χ3v) is 5.64. The van der Waals surface area contributed by atoms with Crippen LogP contribution in [0.5, 0.6) is 5.75 Å². The summed E-state index contributed by atoms with van der Waals surface area (Å²) in [6, 6.07) is 14.0. The molecule has 0 atom stereocenters. The molecule has 1 fully saturated rings. The Hall–Kier alpha value is -3.42. The summed E-state index contributed by atoms with van der Waals surface area (Å²) in [5, 5.41) is 3.95. The van der Waals surface area contributed by atoms with E-state index in [1.165, 1.54) is 12.1 Å². The molecular formula is C24H27FN4O3. The monoisotopic (exact) mass is 438 g/mol. The van der Waals surface area contributed by atoms with Gasteiger partial charge in [-0.25, -0.2) is 4.39 Å². The summed E-state index contributed by atoms with van der Waals surface area (Å²) in [5.41, 5.74) is 1.84. The second-order valence-corrected chi connectivity index (χ2v) is 7.79. The van der Waals surface area contributed by atoms with Crippen molar-refractivity contribution in [2.75, 3.05) is 38.2 Å². The van der Waals surface area contributed by atoms with Crippen LogP contribution in [0.3, 0.4) is 0 Å². The molecule has 1 aliphatic heterocycles. The van der Waals surface area contributed by atoms with Crippen LogP contribution in [0.15, 0.2) is 53.1 Å². The largest absolute Gasteiger partial charge is 0.497 e. The normalized spacial score (nSPS) is 14.3. The predicted octanol–water partition coefficient (Wildman–Crippen LogP) is 3.95. The number of benzene rings is 2. The van der Waals surface area contributed by atoms with Crippen LogP contribution >= 0.6 is 0 Å². The number of anilines is 1. The second kappa shape index (κ2) is 10.3. The zero-order valence-corrected chi connectivity index (χ0v) is 18.2. The molecule has 1 aliphatic rings. The SMILES string of the molecule is COc1ccc(N2CCCN(C(=O)CCCc3nc(-c4ccc(F)cc4)no3)CC2)cc1. The first-order valence-electron chi connectivity index (χ1n) is 10.9. The molecule has 2 aromatic carbocycles. The number of hydrogen-bond donors (Lipinski definition) is 0. The van der Waals surface area contributed by atoms with Gasteiger partial charge in [-0.15, -0.1) is 0 Å². The van der Waals surface area contributed by atoms with E-state index in [0.29, 0.717) is 43.1 Å². The standard InChI is InChI=1S/C24H27FN4O3/c1-31-21-12-10-20(11-13-21)28-14-3-15-29(17-16-28)23(30)5-2-4-22-26-24(27-32-22)18-6-8-19(25)9-7-18/h6-13H,2-5,14-17H2,1H3. The molecule has 0 aliphatic carbocycles. The highest BCUT2D eigenvalue weighted by atomic mass is 19.1. The minimum Gasteiger partial charge on any atom is -0.497 e. The highest BCUT2D eigenvalue weighted by Gasteiger charge is 2.19. The van der Waals surface area contributed by atoms with E-state index in [1.807, 2.05) is 17.0 Å². The Bertz CT molecular complexity index is 1020. The van der Waals surface area contributed by atoms with E-state index < -0.39 is 0 Å². The van der Waals surface area contributed by atoms with Crippen molar-refractivity contribution in [1.29, 1.82) is 0 Å². The van der Waals surface area contributed by atoms with Crippen molar-refractivity contribution in [1.82, 2.24) is 15.0 Å². The molecule has 0 N–H and O–H groups in total. The highest BCUT2D eigenvalue weighted by Crippen LogP contribution is 2.21. The number of carbonyl (C=O) groups excluding carboxylic acids is 1. The van der Waals surface area contributed by atoms with Crippen molar-refractivity contribution >= 4 is 11.6 Å². The molecule has 8 heteroatoms. The number of carbonyl (C=O) groups is 1. The zero-order valence-electron chi connectivity index (χ0n) is 18.2. The van der Waals surface area contributed by atoms with Crippen LogP contribution < -0.4 is 9.64 Å². The van der Waals surface area contributed by atoms with Crippen molar-refractivity contribution in [2.45, 2.75) is 25.7 Å². The maximum Gasteiger partial charge on any atom is 0.226 e. The average molecular weight is 439 g/mol. The Morgan fingerprint density at radius 2 is 1.84 bits per heavy atom. The predicted molar refractivity (Wildman–Crippen MR) is 119 cm³/mol. The molecule has 4 rings (SSSR count). The van der Waals surface area contributed by atoms with Crippen molar-refractivity contribution in [3.63, 3.8) is 0 Å². The van der Waals surface area contributed by atoms with Gasteiger partial charge in [-0.1, -0.05) is 5.16 Å². The lowest BCUT2D eigenvalue weighted by Gasteiger charge is -2.24. The number of methoxy groups -OCH3 is 1. The van der Waals surface area contributed by atoms with E-state index in [-0.39, 0.29) is 11.7 Å². The molecule has 2 heterocycles. The van der Waals surface area contributed by atoms with Crippen LogP contribution in [0, 0.1) is 5.82 Å². The van der Waals surface area contributed by atoms with Crippen molar-refractivity contribution in [3.05, 3.63) is 60.2 Å². The fourth-order valence-electron chi connectivity index (χ4n) is 3.84. The number of rotatable bonds is 7. The summed E-state index contributed by atoms with van der Waals surface area (Å²) >= 11 is 0. The molecular weight excluding hydrogens is 411 g/mol. The summed E-state index contributed by atoms with van der Waals surface area (Å²) < 4.78 is 23.6. The molecule has 0 radical (unpaired) electrons. The summed E-state index contributed by atoms with van der Waals surface area (Å²) in [4.78, 5) is 21.3. The van der Waals surface area contributed by atoms with Crippen molar-refractivity contribution in [2.24, 2.45) is 0 Å². The molecule has 3 aromatic rings. The Morgan fingerprint density at radius 3 is 2.59 bits per heavy atom. The van der Waals surface area contributed by atoms with E-state index in [4.69, 9.17) is 9.26 Å². The maximum absolute atomic E-state index is 13.1. The number of aryl methyl sites for hydroxylation is 1. The van der Waals surface area contributed by atoms with Gasteiger partial charge < -0.3 is 19.1 Å². The van der Waals surface area contributed by atoms with Crippen LogP contribution in [-0.2, 0) is 11.2 Å². The van der Waals surface area contributed by atoms with Gasteiger partial charge in [0.1, 0.15) is 11.6 Å². The number of hydrogen-bond acceptors (Lipinski definition) is 6. The fourth-order valence-corrected chi connectivity index (χ4v) is 3.84. The van der Waals surface area contributed by atoms with E-state index in [1.54, 1.807) is 19.2 Å². The van der Waals surface area contributed by atoms with Crippen molar-refractivity contribution < 1.29 is 18.4 Å². The molecule has 32 heavy (non-hydrogen) atoms. The minimum absolute atomic E-state index is 0.153. The topological polar surface area (TPSA) is 71.7 Å². The molecule has 0 unspecified atom stereocenters. The zero-order chi connectivity index (χ0) is 22.3. The molecule has 1 aromatic heterocycles. The van der Waals surface area contributed by atoms with Crippen LogP contribution in [0.2, 0.25) is 0 Å². The van der Waals surface area contributed by atoms with Gasteiger partial charge in [0.05, 0.1) is 7.11 Å². The van der Waals surface area contributed by atoms with Gasteiger partial charge in [0.15, 0.2) is 0 Å². The van der Waals surface area contributed by atoms with Crippen LogP contribution in [0.4, 0.5) is 10.1 Å². The van der Waals surface area contributed by atoms with Crippen molar-refractivity contribution in [3.8, 4) is 17.1 Å². The van der Waals surface area contributed by atoms with Gasteiger partial charge in [0.2, 0.25) is 17.6 Å². The molecule has 168 valence electrons. The quantitative estimate of drug-likeness (QED) is 0.556. The van der Waals surface area contributed by atoms with Gasteiger partial charge in [-0.2, -0.15) is 4.98 Å². The number of aromatic nitrogens is 2. The summed E-state index contributed by atoms with van der Waals surface area (Å²) in [6.45, 7) is 3.20. The summed E-state index contributed by atoms with van der Waals surface area (Å²) in [6.07, 6.45) is 2.55. The Balaban J connectivity index is 1.24. The molecule has 1 saturated heterocycles. The van der Waals surface area contributed by atoms with Crippen LogP contribution in [-0.4, -0.2) is 54.2 Å². The average Bonchev–Trinajstić information content (AvgIpc) is 3.15. The van der Waals surface area contributed by atoms with Gasteiger partial charge in [0.25, 0.3) is 0 Å². The number of ether oxygens (including phenoxy) is 1. The summed E-state index contributed by atoms with van der Waals surface area (Å²) in [5.74, 6) is 1.60. The van der Waals surface area contributed by atoms with E-state index in [0.717, 1.165) is 37.5 Å². The lowest BCUT2D eigenvalue weighted by molar-refractivity contribution is -0.131. The molecule has 0 spiro atoms. The molecule has 7 nitrogen and oxygen atoms in total. The summed E-state index contributed by atoms with van der Waals surface area (Å²) in [7, 11) is 1.66. The smallest absolute Gasteiger partial charge is 0.226 e. The van der Waals surface area contributed by atoms with E-state index in [2.05, 4.69) is 27.2 Å². The molecule has 1 amide bonds. The first-order valence-corrected chi connectivity index (χ1v) is 10.9. The van der Waals surface area contributed by atoms with Gasteiger partial charge >= 0.3 is 0 Å².